The summed E-state index contributed by atoms with van der Waals surface area (Å²) in [7, 11) is 1.20. The molecule has 0 saturated carbocycles. The third-order valence-corrected chi connectivity index (χ3v) is 4.13. The molecular formula is C18H13ClN2O5. The van der Waals surface area contributed by atoms with Gasteiger partial charge in [-0.05, 0) is 24.3 Å². The standard InChI is InChI=1S/C18H13ClN2O5/c1-25-18(22)12-5-7-16(15(9-12)21(23)24)26-10-13-14(19)6-4-11-3-2-8-20-17(11)13/h2-9H,10H2,1H3. The monoisotopic (exact) mass is 372 g/mol. The lowest BCUT2D eigenvalue weighted by atomic mass is 10.1. The van der Waals surface area contributed by atoms with Crippen LogP contribution < -0.4 is 4.74 Å². The van der Waals surface area contributed by atoms with Gasteiger partial charge in [-0.25, -0.2) is 4.79 Å². The summed E-state index contributed by atoms with van der Waals surface area (Å²) in [4.78, 5) is 26.5. The van der Waals surface area contributed by atoms with Crippen molar-refractivity contribution in [3.63, 3.8) is 0 Å². The van der Waals surface area contributed by atoms with E-state index in [1.165, 1.54) is 19.2 Å². The van der Waals surface area contributed by atoms with Gasteiger partial charge < -0.3 is 9.47 Å². The minimum absolute atomic E-state index is 0.00834. The summed E-state index contributed by atoms with van der Waals surface area (Å²) in [6.45, 7) is -0.00834. The Morgan fingerprint density at radius 2 is 2.08 bits per heavy atom. The third-order valence-electron chi connectivity index (χ3n) is 3.77. The van der Waals surface area contributed by atoms with Crippen molar-refractivity contribution < 1.29 is 19.2 Å². The van der Waals surface area contributed by atoms with Gasteiger partial charge in [0, 0.05) is 28.2 Å². The number of pyridine rings is 1. The van der Waals surface area contributed by atoms with Crippen LogP contribution in [0.15, 0.2) is 48.7 Å². The van der Waals surface area contributed by atoms with Crippen molar-refractivity contribution >= 4 is 34.2 Å². The molecule has 7 nitrogen and oxygen atoms in total. The van der Waals surface area contributed by atoms with Crippen LogP contribution in [0.1, 0.15) is 15.9 Å². The molecule has 0 N–H and O–H groups in total. The lowest BCUT2D eigenvalue weighted by molar-refractivity contribution is -0.386. The first-order chi connectivity index (χ1) is 12.5. The number of methoxy groups -OCH3 is 1. The first kappa shape index (κ1) is 17.6. The Morgan fingerprint density at radius 1 is 1.27 bits per heavy atom. The second kappa shape index (κ2) is 7.37. The number of fused-ring (bicyclic) bond motifs is 1. The summed E-state index contributed by atoms with van der Waals surface area (Å²) in [6.07, 6.45) is 1.63. The molecule has 3 rings (SSSR count). The summed E-state index contributed by atoms with van der Waals surface area (Å²) in [5.41, 5.74) is 1.01. The van der Waals surface area contributed by atoms with Gasteiger partial charge in [0.25, 0.3) is 0 Å². The van der Waals surface area contributed by atoms with Crippen LogP contribution in [0.5, 0.6) is 5.75 Å². The topological polar surface area (TPSA) is 91.6 Å². The van der Waals surface area contributed by atoms with Gasteiger partial charge in [0.05, 0.1) is 23.1 Å². The molecule has 0 fully saturated rings. The van der Waals surface area contributed by atoms with E-state index >= 15 is 0 Å². The number of nitrogens with zero attached hydrogens (tertiary/aromatic N) is 2. The third kappa shape index (κ3) is 3.43. The van der Waals surface area contributed by atoms with Gasteiger partial charge in [0.1, 0.15) is 6.61 Å². The average molecular weight is 373 g/mol. The van der Waals surface area contributed by atoms with Crippen LogP contribution in [0.25, 0.3) is 10.9 Å². The van der Waals surface area contributed by atoms with Crippen LogP contribution in [0.4, 0.5) is 5.69 Å². The Balaban J connectivity index is 1.94. The molecular weight excluding hydrogens is 360 g/mol. The molecule has 8 heteroatoms. The molecule has 0 aliphatic carbocycles. The van der Waals surface area contributed by atoms with Crippen molar-refractivity contribution in [1.29, 1.82) is 0 Å². The molecule has 132 valence electrons. The molecule has 0 saturated heterocycles. The van der Waals surface area contributed by atoms with Crippen LogP contribution >= 0.6 is 11.6 Å². The van der Waals surface area contributed by atoms with Gasteiger partial charge >= 0.3 is 11.7 Å². The fourth-order valence-electron chi connectivity index (χ4n) is 2.50. The van der Waals surface area contributed by atoms with Crippen LogP contribution in [-0.4, -0.2) is 23.0 Å². The van der Waals surface area contributed by atoms with Crippen LogP contribution in [0, 0.1) is 10.1 Å². The Kier molecular flexibility index (Phi) is 4.99. The van der Waals surface area contributed by atoms with Gasteiger partial charge in [-0.3, -0.25) is 15.1 Å². The second-order valence-electron chi connectivity index (χ2n) is 5.32. The molecule has 0 aliphatic rings. The smallest absolute Gasteiger partial charge is 0.338 e. The highest BCUT2D eigenvalue weighted by Gasteiger charge is 2.20. The van der Waals surface area contributed by atoms with E-state index in [2.05, 4.69) is 9.72 Å². The van der Waals surface area contributed by atoms with Gasteiger partial charge in [0.2, 0.25) is 0 Å². The number of carbonyl (C=O) groups excluding carboxylic acids is 1. The van der Waals surface area contributed by atoms with E-state index < -0.39 is 10.9 Å². The SMILES string of the molecule is COC(=O)c1ccc(OCc2c(Cl)ccc3cccnc23)c([N+](=O)[O-])c1. The molecule has 0 radical (unpaired) electrons. The molecule has 1 heterocycles. The number of benzene rings is 2. The number of ether oxygens (including phenoxy) is 2. The summed E-state index contributed by atoms with van der Waals surface area (Å²) >= 11 is 6.24. The number of aromatic nitrogens is 1. The maximum Gasteiger partial charge on any atom is 0.338 e. The van der Waals surface area contributed by atoms with Gasteiger partial charge in [-0.15, -0.1) is 0 Å². The van der Waals surface area contributed by atoms with Crippen LogP contribution in [0.3, 0.4) is 0 Å². The number of hydrogen-bond acceptors (Lipinski definition) is 6. The van der Waals surface area contributed by atoms with Crippen molar-refractivity contribution in [3.8, 4) is 5.75 Å². The van der Waals surface area contributed by atoms with E-state index in [0.29, 0.717) is 16.1 Å². The van der Waals surface area contributed by atoms with Crippen molar-refractivity contribution in [2.45, 2.75) is 6.61 Å². The minimum Gasteiger partial charge on any atom is -0.482 e. The van der Waals surface area contributed by atoms with E-state index in [-0.39, 0.29) is 23.6 Å². The van der Waals surface area contributed by atoms with E-state index in [1.807, 2.05) is 12.1 Å². The van der Waals surface area contributed by atoms with E-state index in [0.717, 1.165) is 11.5 Å². The first-order valence-corrected chi connectivity index (χ1v) is 7.90. The number of rotatable bonds is 5. The number of esters is 1. The Morgan fingerprint density at radius 3 is 2.81 bits per heavy atom. The molecule has 0 aliphatic heterocycles. The molecule has 0 bridgehead atoms. The summed E-state index contributed by atoms with van der Waals surface area (Å²) < 4.78 is 10.2. The molecule has 0 atom stereocenters. The molecule has 0 unspecified atom stereocenters. The number of hydrogen-bond donors (Lipinski definition) is 0. The summed E-state index contributed by atoms with van der Waals surface area (Å²) in [5, 5.41) is 12.6. The van der Waals surface area contributed by atoms with Crippen molar-refractivity contribution in [2.24, 2.45) is 0 Å². The normalized spacial score (nSPS) is 10.5. The van der Waals surface area contributed by atoms with Crippen molar-refractivity contribution in [2.75, 3.05) is 7.11 Å². The van der Waals surface area contributed by atoms with Gasteiger partial charge in [-0.2, -0.15) is 0 Å². The predicted molar refractivity (Wildman–Crippen MR) is 95.5 cm³/mol. The zero-order valence-electron chi connectivity index (χ0n) is 13.6. The quantitative estimate of drug-likeness (QED) is 0.379. The van der Waals surface area contributed by atoms with Gasteiger partial charge in [-0.1, -0.05) is 23.7 Å². The lowest BCUT2D eigenvalue weighted by Gasteiger charge is -2.11. The maximum atomic E-state index is 11.6. The zero-order chi connectivity index (χ0) is 18.7. The Hall–Kier alpha value is -3.19. The Labute approximate surface area is 153 Å². The van der Waals surface area contributed by atoms with Crippen molar-refractivity contribution in [3.05, 3.63) is 74.9 Å². The summed E-state index contributed by atoms with van der Waals surface area (Å²) in [5.74, 6) is -0.646. The molecule has 3 aromatic rings. The first-order valence-electron chi connectivity index (χ1n) is 7.53. The molecule has 2 aromatic carbocycles. The fraction of sp³-hybridized carbons (Fsp3) is 0.111. The Bertz CT molecular complexity index is 1010. The maximum absolute atomic E-state index is 11.6. The minimum atomic E-state index is -0.666. The highest BCUT2D eigenvalue weighted by atomic mass is 35.5. The average Bonchev–Trinajstić information content (AvgIpc) is 2.66. The fourth-order valence-corrected chi connectivity index (χ4v) is 2.70. The lowest BCUT2D eigenvalue weighted by Crippen LogP contribution is -2.05. The van der Waals surface area contributed by atoms with E-state index in [4.69, 9.17) is 16.3 Å². The van der Waals surface area contributed by atoms with Crippen molar-refractivity contribution in [1.82, 2.24) is 4.98 Å². The molecule has 0 spiro atoms. The van der Waals surface area contributed by atoms with E-state index in [9.17, 15) is 14.9 Å². The van der Waals surface area contributed by atoms with Crippen LogP contribution in [-0.2, 0) is 11.3 Å². The largest absolute Gasteiger partial charge is 0.482 e. The zero-order valence-corrected chi connectivity index (χ0v) is 14.4. The number of halogens is 1. The number of carbonyl (C=O) groups is 1. The molecule has 1 aromatic heterocycles. The summed E-state index contributed by atoms with van der Waals surface area (Å²) in [6, 6.07) is 11.1. The van der Waals surface area contributed by atoms with Gasteiger partial charge in [0.15, 0.2) is 5.75 Å². The second-order valence-corrected chi connectivity index (χ2v) is 5.73. The molecule has 0 amide bonds. The predicted octanol–water partition coefficient (Wildman–Crippen LogP) is 4.16. The number of nitro groups is 1. The van der Waals surface area contributed by atoms with E-state index in [1.54, 1.807) is 18.3 Å². The highest BCUT2D eigenvalue weighted by Crippen LogP contribution is 2.31. The molecule has 26 heavy (non-hydrogen) atoms. The highest BCUT2D eigenvalue weighted by molar-refractivity contribution is 6.32. The number of nitro benzene ring substituents is 1. The van der Waals surface area contributed by atoms with Crippen LogP contribution in [0.2, 0.25) is 5.02 Å².